The Morgan fingerprint density at radius 3 is 2.68 bits per heavy atom. The molecule has 3 unspecified atom stereocenters. The standard InChI is InChI=1S/C16H23FINO2S/c1-10(19-22(20)15(2,3)4)11-6-7-13(17)12-8-16(5,9-18)21-14(11)12/h6-7,10,19H,8-9H2,1-5H3. The van der Waals surface area contributed by atoms with Crippen molar-refractivity contribution in [2.45, 2.75) is 57.4 Å². The zero-order valence-corrected chi connectivity index (χ0v) is 16.6. The van der Waals surface area contributed by atoms with Crippen molar-refractivity contribution in [3.8, 4) is 5.75 Å². The molecule has 0 spiro atoms. The molecule has 0 fully saturated rings. The topological polar surface area (TPSA) is 44.3 Å². The fourth-order valence-electron chi connectivity index (χ4n) is 2.38. The lowest BCUT2D eigenvalue weighted by atomic mass is 9.98. The molecule has 0 aliphatic carbocycles. The summed E-state index contributed by atoms with van der Waals surface area (Å²) in [7, 11) is 0. The van der Waals surface area contributed by atoms with Crippen LogP contribution in [-0.4, -0.2) is 19.3 Å². The Labute approximate surface area is 148 Å². The maximum atomic E-state index is 14.1. The second-order valence-corrected chi connectivity index (χ2v) is 9.79. The van der Waals surface area contributed by atoms with E-state index in [0.717, 1.165) is 9.99 Å². The van der Waals surface area contributed by atoms with Crippen molar-refractivity contribution in [2.24, 2.45) is 0 Å². The lowest BCUT2D eigenvalue weighted by Crippen LogP contribution is -2.40. The van der Waals surface area contributed by atoms with E-state index in [1.165, 1.54) is 6.07 Å². The van der Waals surface area contributed by atoms with Crippen molar-refractivity contribution < 1.29 is 13.7 Å². The minimum absolute atomic E-state index is 0.175. The van der Waals surface area contributed by atoms with Crippen LogP contribution >= 0.6 is 22.6 Å². The van der Waals surface area contributed by atoms with Gasteiger partial charge >= 0.3 is 0 Å². The molecule has 1 aromatic rings. The van der Waals surface area contributed by atoms with Crippen LogP contribution < -0.4 is 9.46 Å². The quantitative estimate of drug-likeness (QED) is 0.437. The first kappa shape index (κ1) is 18.3. The van der Waals surface area contributed by atoms with Gasteiger partial charge in [0, 0.05) is 33.3 Å². The molecule has 1 aliphatic heterocycles. The lowest BCUT2D eigenvalue weighted by Gasteiger charge is -2.27. The lowest BCUT2D eigenvalue weighted by molar-refractivity contribution is 0.145. The molecule has 3 nitrogen and oxygen atoms in total. The third kappa shape index (κ3) is 3.71. The molecule has 124 valence electrons. The summed E-state index contributed by atoms with van der Waals surface area (Å²) in [5.74, 6) is 0.390. The number of ether oxygens (including phenoxy) is 1. The van der Waals surface area contributed by atoms with E-state index in [1.54, 1.807) is 6.07 Å². The molecule has 0 aromatic heterocycles. The van der Waals surface area contributed by atoms with Crippen LogP contribution in [0.4, 0.5) is 4.39 Å². The van der Waals surface area contributed by atoms with E-state index in [2.05, 4.69) is 27.3 Å². The van der Waals surface area contributed by atoms with Gasteiger partial charge in [-0.05, 0) is 40.7 Å². The second-order valence-electron chi connectivity index (χ2n) is 7.03. The van der Waals surface area contributed by atoms with Gasteiger partial charge < -0.3 is 9.29 Å². The molecule has 0 saturated carbocycles. The van der Waals surface area contributed by atoms with E-state index >= 15 is 0 Å². The van der Waals surface area contributed by atoms with Crippen LogP contribution in [-0.2, 0) is 17.8 Å². The number of rotatable bonds is 4. The fraction of sp³-hybridized carbons (Fsp3) is 0.625. The Morgan fingerprint density at radius 1 is 1.50 bits per heavy atom. The van der Waals surface area contributed by atoms with Crippen LogP contribution in [0.15, 0.2) is 12.1 Å². The number of halogens is 2. The molecule has 1 aliphatic rings. The van der Waals surface area contributed by atoms with Crippen molar-refractivity contribution >= 4 is 34.0 Å². The fourth-order valence-corrected chi connectivity index (χ4v) is 3.61. The third-order valence-corrected chi connectivity index (χ3v) is 7.02. The van der Waals surface area contributed by atoms with E-state index in [4.69, 9.17) is 4.74 Å². The maximum Gasteiger partial charge on any atom is 0.136 e. The predicted octanol–water partition coefficient (Wildman–Crippen LogP) is 4.07. The highest BCUT2D eigenvalue weighted by molar-refractivity contribution is 14.1. The van der Waals surface area contributed by atoms with E-state index in [-0.39, 0.29) is 22.2 Å². The first-order valence-electron chi connectivity index (χ1n) is 7.32. The summed E-state index contributed by atoms with van der Waals surface area (Å²) < 4.78 is 36.0. The minimum atomic E-state index is -1.19. The number of fused-ring (bicyclic) bond motifs is 1. The van der Waals surface area contributed by atoms with Crippen LogP contribution in [0.5, 0.6) is 5.75 Å². The number of nitrogens with one attached hydrogen (secondary N) is 1. The van der Waals surface area contributed by atoms with Gasteiger partial charge in [-0.25, -0.2) is 4.39 Å². The Hall–Kier alpha value is -0.0500. The van der Waals surface area contributed by atoms with Gasteiger partial charge in [-0.15, -0.1) is 4.72 Å². The predicted molar refractivity (Wildman–Crippen MR) is 97.5 cm³/mol. The molecule has 6 heteroatoms. The monoisotopic (exact) mass is 439 g/mol. The second kappa shape index (κ2) is 6.45. The molecule has 22 heavy (non-hydrogen) atoms. The van der Waals surface area contributed by atoms with Gasteiger partial charge in [0.05, 0.1) is 6.04 Å². The van der Waals surface area contributed by atoms with Crippen molar-refractivity contribution in [1.82, 2.24) is 4.72 Å². The zero-order chi connectivity index (χ0) is 16.7. The number of alkyl halides is 1. The van der Waals surface area contributed by atoms with Gasteiger partial charge in [-0.2, -0.15) is 0 Å². The molecule has 0 amide bonds. The van der Waals surface area contributed by atoms with Crippen LogP contribution in [0.2, 0.25) is 0 Å². The molecular formula is C16H23FINO2S. The largest absolute Gasteiger partial charge is 0.598 e. The summed E-state index contributed by atoms with van der Waals surface area (Å²) in [6.07, 6.45) is 0.569. The van der Waals surface area contributed by atoms with Gasteiger partial charge in [-0.1, -0.05) is 28.7 Å². The summed E-state index contributed by atoms with van der Waals surface area (Å²) in [6.45, 7) is 9.68. The molecule has 0 radical (unpaired) electrons. The Kier molecular flexibility index (Phi) is 5.36. The Balaban J connectivity index is 2.30. The summed E-state index contributed by atoms with van der Waals surface area (Å²) in [6, 6.07) is 3.03. The molecule has 0 saturated heterocycles. The average molecular weight is 439 g/mol. The van der Waals surface area contributed by atoms with E-state index in [1.807, 2.05) is 34.6 Å². The smallest absolute Gasteiger partial charge is 0.136 e. The van der Waals surface area contributed by atoms with Crippen molar-refractivity contribution in [2.75, 3.05) is 4.43 Å². The van der Waals surface area contributed by atoms with Crippen molar-refractivity contribution in [1.29, 1.82) is 0 Å². The average Bonchev–Trinajstić information content (AvgIpc) is 2.77. The summed E-state index contributed by atoms with van der Waals surface area (Å²) >= 11 is 1.07. The maximum absolute atomic E-state index is 14.1. The molecule has 0 bridgehead atoms. The molecular weight excluding hydrogens is 416 g/mol. The normalized spacial score (nSPS) is 23.8. The first-order valence-corrected chi connectivity index (χ1v) is 9.99. The highest BCUT2D eigenvalue weighted by Gasteiger charge is 2.39. The van der Waals surface area contributed by atoms with Crippen LogP contribution in [0.25, 0.3) is 0 Å². The van der Waals surface area contributed by atoms with E-state index in [9.17, 15) is 8.94 Å². The van der Waals surface area contributed by atoms with E-state index < -0.39 is 11.4 Å². The Morgan fingerprint density at radius 2 is 2.14 bits per heavy atom. The molecule has 1 heterocycles. The van der Waals surface area contributed by atoms with Gasteiger partial charge in [0.15, 0.2) is 0 Å². The van der Waals surface area contributed by atoms with Gasteiger partial charge in [0.25, 0.3) is 0 Å². The number of hydrogen-bond acceptors (Lipinski definition) is 3. The summed E-state index contributed by atoms with van der Waals surface area (Å²) in [4.78, 5) is 0. The van der Waals surface area contributed by atoms with Crippen LogP contribution in [0.3, 0.4) is 0 Å². The van der Waals surface area contributed by atoms with Crippen LogP contribution in [0, 0.1) is 5.82 Å². The molecule has 1 N–H and O–H groups in total. The molecule has 3 atom stereocenters. The Bertz CT molecular complexity index is 564. The van der Waals surface area contributed by atoms with E-state index in [0.29, 0.717) is 17.7 Å². The van der Waals surface area contributed by atoms with Crippen molar-refractivity contribution in [3.63, 3.8) is 0 Å². The third-order valence-electron chi connectivity index (χ3n) is 3.72. The highest BCUT2D eigenvalue weighted by Crippen LogP contribution is 2.42. The number of benzene rings is 1. The van der Waals surface area contributed by atoms with Gasteiger partial charge in [0.2, 0.25) is 0 Å². The highest BCUT2D eigenvalue weighted by atomic mass is 127. The summed E-state index contributed by atoms with van der Waals surface area (Å²) in [5, 5.41) is 0. The molecule has 1 aromatic carbocycles. The zero-order valence-electron chi connectivity index (χ0n) is 13.6. The summed E-state index contributed by atoms with van der Waals surface area (Å²) in [5.41, 5.74) is 1.12. The van der Waals surface area contributed by atoms with Gasteiger partial charge in [0.1, 0.15) is 21.9 Å². The van der Waals surface area contributed by atoms with Crippen molar-refractivity contribution in [3.05, 3.63) is 29.1 Å². The minimum Gasteiger partial charge on any atom is -0.598 e. The SMILES string of the molecule is CC(N[S+]([O-])C(C)(C)C)c1ccc(F)c2c1OC(C)(CI)C2. The van der Waals surface area contributed by atoms with Crippen LogP contribution in [0.1, 0.15) is 51.8 Å². The van der Waals surface area contributed by atoms with Gasteiger partial charge in [-0.3, -0.25) is 0 Å². The molecule has 2 rings (SSSR count). The first-order chi connectivity index (χ1) is 10.1. The number of hydrogen-bond donors (Lipinski definition) is 1.